The number of hydrogen-bond acceptors (Lipinski definition) is 13. The molecule has 2 amide bonds. The van der Waals surface area contributed by atoms with Gasteiger partial charge in [0.25, 0.3) is 0 Å². The Bertz CT molecular complexity index is 2090. The van der Waals surface area contributed by atoms with Gasteiger partial charge in [-0.1, -0.05) is 41.9 Å². The van der Waals surface area contributed by atoms with Gasteiger partial charge in [-0.15, -0.1) is 22.7 Å². The van der Waals surface area contributed by atoms with Gasteiger partial charge in [0.15, 0.2) is 0 Å². The molecule has 15 nitrogen and oxygen atoms in total. The van der Waals surface area contributed by atoms with E-state index in [2.05, 4.69) is 55.4 Å². The third kappa shape index (κ3) is 11.8. The summed E-state index contributed by atoms with van der Waals surface area (Å²) in [5.74, 6) is 0.612. The number of nitrogen functional groups attached to an aromatic ring is 1. The summed E-state index contributed by atoms with van der Waals surface area (Å²) >= 11 is 6.41. The second-order valence-corrected chi connectivity index (χ2v) is 20.4. The molecule has 2 fully saturated rings. The zero-order chi connectivity index (χ0) is 42.0. The number of carbonyl (C=O) groups excluding carboxylic acids is 2. The van der Waals surface area contributed by atoms with Gasteiger partial charge in [-0.05, 0) is 75.6 Å². The third-order valence-corrected chi connectivity index (χ3v) is 16.0. The maximum absolute atomic E-state index is 12.6. The normalized spacial score (nSPS) is 19.7. The first kappa shape index (κ1) is 45.4. The summed E-state index contributed by atoms with van der Waals surface area (Å²) in [4.78, 5) is 33.9. The van der Waals surface area contributed by atoms with Gasteiger partial charge >= 0.3 is 12.2 Å². The molecule has 6 rings (SSSR count). The highest BCUT2D eigenvalue weighted by molar-refractivity contribution is 9.10. The molecule has 2 saturated carbocycles. The molecule has 0 bridgehead atoms. The number of nitrogens with zero attached hydrogens (tertiary/aromatic N) is 2. The van der Waals surface area contributed by atoms with Gasteiger partial charge < -0.3 is 25.8 Å². The lowest BCUT2D eigenvalue weighted by Gasteiger charge is -2.27. The topological polar surface area (TPSA) is 221 Å². The number of methoxy groups -OCH3 is 2. The number of rotatable bonds is 12. The summed E-state index contributed by atoms with van der Waals surface area (Å²) in [6, 6.07) is 10.4. The monoisotopic (exact) mass is 939 g/mol. The average molecular weight is 941 g/mol. The molecule has 0 spiro atoms. The minimum atomic E-state index is -3.65. The SMILES string of the molecule is CCNS(=O)(=O)c1cc(Br)ccc1-c1cnc(C2CCC(NC(=O)OC)CC2)s1.CCNS(=O)(=O)c1cc(N)ccc1-c1cnc(C2CCC(NC(=O)OC)CC2)s1. The van der Waals surface area contributed by atoms with Crippen LogP contribution in [-0.2, 0) is 29.5 Å². The number of aromatic nitrogens is 2. The molecular weight excluding hydrogens is 891 g/mol. The molecule has 2 heterocycles. The van der Waals surface area contributed by atoms with Gasteiger partial charge in [0.05, 0.1) is 43.8 Å². The summed E-state index contributed by atoms with van der Waals surface area (Å²) in [5.41, 5.74) is 7.48. The Morgan fingerprint density at radius 3 is 1.53 bits per heavy atom. The molecule has 2 aliphatic carbocycles. The quantitative estimate of drug-likeness (QED) is 0.0886. The highest BCUT2D eigenvalue weighted by atomic mass is 79.9. The predicted octanol–water partition coefficient (Wildman–Crippen LogP) is 7.33. The van der Waals surface area contributed by atoms with E-state index in [1.54, 1.807) is 44.4 Å². The molecule has 0 unspecified atom stereocenters. The van der Waals surface area contributed by atoms with E-state index in [9.17, 15) is 26.4 Å². The van der Waals surface area contributed by atoms with Crippen molar-refractivity contribution in [1.82, 2.24) is 30.0 Å². The number of sulfonamides is 2. The Balaban J connectivity index is 0.000000221. The van der Waals surface area contributed by atoms with Crippen LogP contribution in [0.1, 0.15) is 87.1 Å². The largest absolute Gasteiger partial charge is 0.453 e. The molecule has 2 aliphatic rings. The van der Waals surface area contributed by atoms with Crippen molar-refractivity contribution >= 4 is 76.5 Å². The molecule has 4 aromatic rings. The van der Waals surface area contributed by atoms with Crippen LogP contribution < -0.4 is 25.8 Å². The van der Waals surface area contributed by atoms with Crippen molar-refractivity contribution in [2.75, 3.05) is 33.0 Å². The van der Waals surface area contributed by atoms with Gasteiger partial charge in [-0.2, -0.15) is 0 Å². The van der Waals surface area contributed by atoms with Gasteiger partial charge in [-0.3, -0.25) is 0 Å². The number of anilines is 1. The maximum atomic E-state index is 12.6. The second kappa shape index (κ2) is 20.5. The van der Waals surface area contributed by atoms with E-state index in [1.165, 1.54) is 43.0 Å². The molecule has 58 heavy (non-hydrogen) atoms. The van der Waals surface area contributed by atoms with E-state index in [1.807, 2.05) is 12.1 Å². The highest BCUT2D eigenvalue weighted by Gasteiger charge is 2.29. The summed E-state index contributed by atoms with van der Waals surface area (Å²) in [7, 11) is -4.53. The number of benzene rings is 2. The Hall–Kier alpha value is -3.66. The zero-order valence-electron chi connectivity index (χ0n) is 32.7. The lowest BCUT2D eigenvalue weighted by atomic mass is 9.86. The fraction of sp³-hybridized carbons (Fsp3) is 0.474. The number of halogens is 1. The standard InChI is InChI=1S/C19H24BrN3O4S2.C19H26N4O4S2/c2*1-3-22-29(25,26)17-10-13(20)6-9-15(17)16-11-21-18(28-16)12-4-7-14(8-5-12)23-19(24)27-2/h6,9-12,14,22H,3-5,7-8H2,1-2H3,(H,23,24);6,9-12,14,22H,3-5,7-8,20H2,1-2H3,(H,23,24). The minimum absolute atomic E-state index is 0.118. The first-order valence-electron chi connectivity index (χ1n) is 19.0. The van der Waals surface area contributed by atoms with Crippen molar-refractivity contribution in [2.45, 2.75) is 98.9 Å². The number of amides is 2. The van der Waals surface area contributed by atoms with Crippen LogP contribution in [0.2, 0.25) is 0 Å². The molecular formula is C38H50BrN7O8S4. The van der Waals surface area contributed by atoms with Crippen molar-refractivity contribution in [2.24, 2.45) is 0 Å². The van der Waals surface area contributed by atoms with Crippen molar-refractivity contribution in [3.05, 3.63) is 63.3 Å². The number of alkyl carbamates (subject to hydrolysis) is 2. The first-order valence-corrected chi connectivity index (χ1v) is 24.4. The molecule has 2 aromatic carbocycles. The van der Waals surface area contributed by atoms with E-state index in [-0.39, 0.29) is 21.9 Å². The number of nitrogens with two attached hydrogens (primary N) is 1. The van der Waals surface area contributed by atoms with Crippen LogP contribution in [0.25, 0.3) is 20.9 Å². The smallest absolute Gasteiger partial charge is 0.407 e. The van der Waals surface area contributed by atoms with Crippen LogP contribution in [-0.4, -0.2) is 78.4 Å². The van der Waals surface area contributed by atoms with Crippen molar-refractivity contribution in [1.29, 1.82) is 0 Å². The Morgan fingerprint density at radius 1 is 0.707 bits per heavy atom. The molecule has 2 aromatic heterocycles. The molecule has 316 valence electrons. The maximum Gasteiger partial charge on any atom is 0.407 e. The van der Waals surface area contributed by atoms with E-state index in [0.717, 1.165) is 71.1 Å². The first-order chi connectivity index (χ1) is 27.7. The predicted molar refractivity (Wildman–Crippen MR) is 230 cm³/mol. The highest BCUT2D eigenvalue weighted by Crippen LogP contribution is 2.41. The number of hydrogen-bond donors (Lipinski definition) is 5. The lowest BCUT2D eigenvalue weighted by molar-refractivity contribution is 0.161. The number of ether oxygens (including phenoxy) is 2. The second-order valence-electron chi connectivity index (χ2n) is 13.9. The molecule has 0 atom stereocenters. The Labute approximate surface area is 356 Å². The Kier molecular flexibility index (Phi) is 16.1. The minimum Gasteiger partial charge on any atom is -0.453 e. The van der Waals surface area contributed by atoms with Crippen LogP contribution in [0.3, 0.4) is 0 Å². The third-order valence-electron chi connectivity index (χ3n) is 9.94. The van der Waals surface area contributed by atoms with Gasteiger partial charge in [0.1, 0.15) is 0 Å². The fourth-order valence-electron chi connectivity index (χ4n) is 7.04. The van der Waals surface area contributed by atoms with Crippen LogP contribution in [0, 0.1) is 0 Å². The summed E-state index contributed by atoms with van der Waals surface area (Å²) in [5, 5.41) is 7.70. The van der Waals surface area contributed by atoms with Gasteiger partial charge in [0, 0.05) is 70.7 Å². The zero-order valence-corrected chi connectivity index (χ0v) is 37.6. The Morgan fingerprint density at radius 2 is 1.12 bits per heavy atom. The van der Waals surface area contributed by atoms with Crippen LogP contribution >= 0.6 is 38.6 Å². The average Bonchev–Trinajstić information content (AvgIpc) is 3.90. The van der Waals surface area contributed by atoms with Crippen LogP contribution in [0.15, 0.2) is 63.1 Å². The molecule has 0 radical (unpaired) electrons. The fourth-order valence-corrected chi connectivity index (χ4v) is 12.5. The summed E-state index contributed by atoms with van der Waals surface area (Å²) < 4.78 is 65.6. The molecule has 20 heteroatoms. The number of carbonyl (C=O) groups is 2. The van der Waals surface area contributed by atoms with E-state index < -0.39 is 32.2 Å². The molecule has 0 saturated heterocycles. The summed E-state index contributed by atoms with van der Waals surface area (Å²) in [6.45, 7) is 4.11. The van der Waals surface area contributed by atoms with Crippen molar-refractivity contribution in [3.8, 4) is 20.9 Å². The van der Waals surface area contributed by atoms with Crippen LogP contribution in [0.4, 0.5) is 15.3 Å². The molecule has 0 aliphatic heterocycles. The van der Waals surface area contributed by atoms with E-state index in [0.29, 0.717) is 46.2 Å². The lowest BCUT2D eigenvalue weighted by Crippen LogP contribution is -2.37. The van der Waals surface area contributed by atoms with Crippen LogP contribution in [0.5, 0.6) is 0 Å². The number of thiazole rings is 2. The van der Waals surface area contributed by atoms with Gasteiger partial charge in [0.2, 0.25) is 20.0 Å². The summed E-state index contributed by atoms with van der Waals surface area (Å²) in [6.07, 6.45) is 9.81. The van der Waals surface area contributed by atoms with E-state index in [4.69, 9.17) is 5.73 Å². The molecule has 6 N–H and O–H groups in total. The van der Waals surface area contributed by atoms with Gasteiger partial charge in [-0.25, -0.2) is 45.8 Å². The van der Waals surface area contributed by atoms with E-state index >= 15 is 0 Å². The van der Waals surface area contributed by atoms with Crippen molar-refractivity contribution in [3.63, 3.8) is 0 Å². The number of nitrogens with one attached hydrogen (secondary N) is 4. The van der Waals surface area contributed by atoms with Crippen molar-refractivity contribution < 1.29 is 35.9 Å².